The normalized spacial score (nSPS) is 17.8. The molecular weight excluding hydrogens is 394 g/mol. The van der Waals surface area contributed by atoms with Gasteiger partial charge < -0.3 is 10.6 Å². The minimum atomic E-state index is -0.392. The summed E-state index contributed by atoms with van der Waals surface area (Å²) in [6.45, 7) is 0. The summed E-state index contributed by atoms with van der Waals surface area (Å²) in [4.78, 5) is 32.5. The molecule has 0 radical (unpaired) electrons. The average Bonchev–Trinajstić information content (AvgIpc) is 3.31. The van der Waals surface area contributed by atoms with E-state index in [0.717, 1.165) is 18.5 Å². The first-order valence-corrected chi connectivity index (χ1v) is 9.52. The molecule has 9 nitrogen and oxygen atoms in total. The van der Waals surface area contributed by atoms with Gasteiger partial charge in [-0.15, -0.1) is 0 Å². The number of benzene rings is 1. The van der Waals surface area contributed by atoms with Crippen LogP contribution in [0.2, 0.25) is 5.02 Å². The highest BCUT2D eigenvalue weighted by atomic mass is 35.5. The van der Waals surface area contributed by atoms with E-state index >= 15 is 0 Å². The molecule has 2 aliphatic rings. The molecule has 2 fully saturated rings. The highest BCUT2D eigenvalue weighted by Gasteiger charge is 2.26. The van der Waals surface area contributed by atoms with Gasteiger partial charge in [-0.2, -0.15) is 19.6 Å². The first-order valence-electron chi connectivity index (χ1n) is 9.15. The van der Waals surface area contributed by atoms with E-state index in [1.807, 2.05) is 12.1 Å². The van der Waals surface area contributed by atoms with Crippen molar-refractivity contribution in [2.75, 3.05) is 10.6 Å². The molecule has 3 heterocycles. The second-order valence-electron chi connectivity index (χ2n) is 6.98. The molecule has 1 aliphatic carbocycles. The molecule has 0 bridgehead atoms. The molecule has 0 unspecified atom stereocenters. The Morgan fingerprint density at radius 3 is 2.83 bits per heavy atom. The van der Waals surface area contributed by atoms with E-state index in [1.165, 1.54) is 0 Å². The maximum Gasteiger partial charge on any atom is 0.254 e. The number of hydrogen-bond donors (Lipinski definition) is 3. The highest BCUT2D eigenvalue weighted by Crippen LogP contribution is 2.27. The van der Waals surface area contributed by atoms with Crippen LogP contribution in [0.15, 0.2) is 36.0 Å². The van der Waals surface area contributed by atoms with Crippen LogP contribution in [0.1, 0.15) is 24.8 Å². The lowest BCUT2D eigenvalue weighted by Gasteiger charge is -2.10. The number of hydrogen-bond acceptors (Lipinski definition) is 7. The van der Waals surface area contributed by atoms with Gasteiger partial charge in [-0.1, -0.05) is 17.7 Å². The third kappa shape index (κ3) is 3.64. The Bertz CT molecular complexity index is 1180. The van der Waals surface area contributed by atoms with E-state index in [-0.39, 0.29) is 12.3 Å². The number of rotatable bonds is 5. The van der Waals surface area contributed by atoms with Crippen molar-refractivity contribution >= 4 is 52.7 Å². The topological polar surface area (TPSA) is 113 Å². The van der Waals surface area contributed by atoms with E-state index in [1.54, 1.807) is 28.9 Å². The number of anilines is 3. The smallest absolute Gasteiger partial charge is 0.254 e. The predicted octanol–water partition coefficient (Wildman–Crippen LogP) is 2.53. The second-order valence-corrected chi connectivity index (χ2v) is 7.42. The molecule has 3 aromatic rings. The Kier molecular flexibility index (Phi) is 4.17. The number of fused-ring (bicyclic) bond motifs is 1. The first-order chi connectivity index (χ1) is 14.0. The SMILES string of the molecule is O=C1CC(=Cc2cnn3c(NC4CC4)nc(Nc4cccc(Cl)c4)nc23)C(=O)N1. The molecule has 1 aromatic carbocycles. The molecule has 2 amide bonds. The fraction of sp³-hybridized carbons (Fsp3) is 0.211. The molecule has 1 saturated heterocycles. The number of carbonyl (C=O) groups is 2. The zero-order valence-electron chi connectivity index (χ0n) is 15.1. The van der Waals surface area contributed by atoms with E-state index < -0.39 is 5.91 Å². The predicted molar refractivity (Wildman–Crippen MR) is 108 cm³/mol. The third-order valence-electron chi connectivity index (χ3n) is 4.61. The van der Waals surface area contributed by atoms with E-state index in [9.17, 15) is 9.59 Å². The van der Waals surface area contributed by atoms with Crippen molar-refractivity contribution in [1.29, 1.82) is 0 Å². The second kappa shape index (κ2) is 6.85. The van der Waals surface area contributed by atoms with Crippen molar-refractivity contribution in [2.45, 2.75) is 25.3 Å². The summed E-state index contributed by atoms with van der Waals surface area (Å²) in [5.74, 6) is 0.220. The molecule has 5 rings (SSSR count). The number of nitrogens with zero attached hydrogens (tertiary/aromatic N) is 4. The molecule has 29 heavy (non-hydrogen) atoms. The summed E-state index contributed by atoms with van der Waals surface area (Å²) in [6.07, 6.45) is 5.43. The summed E-state index contributed by atoms with van der Waals surface area (Å²) >= 11 is 6.06. The third-order valence-corrected chi connectivity index (χ3v) is 4.85. The summed E-state index contributed by atoms with van der Waals surface area (Å²) in [5.41, 5.74) is 2.27. The van der Waals surface area contributed by atoms with Crippen LogP contribution in [0.25, 0.3) is 11.7 Å². The Hall–Kier alpha value is -3.46. The minimum absolute atomic E-state index is 0.0437. The van der Waals surface area contributed by atoms with Crippen LogP contribution in [0.3, 0.4) is 0 Å². The molecule has 0 spiro atoms. The van der Waals surface area contributed by atoms with Crippen LogP contribution < -0.4 is 16.0 Å². The van der Waals surface area contributed by atoms with Gasteiger partial charge in [-0.05, 0) is 37.1 Å². The van der Waals surface area contributed by atoms with Crippen molar-refractivity contribution in [3.05, 3.63) is 46.6 Å². The zero-order valence-corrected chi connectivity index (χ0v) is 15.9. The van der Waals surface area contributed by atoms with Gasteiger partial charge in [0.2, 0.25) is 17.8 Å². The minimum Gasteiger partial charge on any atom is -0.351 e. The van der Waals surface area contributed by atoms with E-state index in [0.29, 0.717) is 39.7 Å². The van der Waals surface area contributed by atoms with Crippen molar-refractivity contribution in [1.82, 2.24) is 24.9 Å². The zero-order chi connectivity index (χ0) is 20.0. The molecule has 146 valence electrons. The van der Waals surface area contributed by atoms with Gasteiger partial charge in [0.05, 0.1) is 12.6 Å². The Labute approximate surface area is 170 Å². The number of amides is 2. The van der Waals surface area contributed by atoms with Crippen LogP contribution in [0.4, 0.5) is 17.6 Å². The molecule has 2 aromatic heterocycles. The van der Waals surface area contributed by atoms with Gasteiger partial charge in [-0.3, -0.25) is 14.9 Å². The number of aromatic nitrogens is 4. The van der Waals surface area contributed by atoms with Gasteiger partial charge in [0, 0.05) is 27.9 Å². The summed E-state index contributed by atoms with van der Waals surface area (Å²) in [7, 11) is 0. The van der Waals surface area contributed by atoms with Crippen molar-refractivity contribution in [3.8, 4) is 0 Å². The van der Waals surface area contributed by atoms with Crippen LogP contribution in [-0.4, -0.2) is 37.4 Å². The number of halogens is 1. The molecule has 1 aliphatic heterocycles. The number of nitrogens with one attached hydrogen (secondary N) is 3. The largest absolute Gasteiger partial charge is 0.351 e. The fourth-order valence-electron chi connectivity index (χ4n) is 3.06. The van der Waals surface area contributed by atoms with Crippen LogP contribution in [0, 0.1) is 0 Å². The Balaban J connectivity index is 1.57. The lowest BCUT2D eigenvalue weighted by Crippen LogP contribution is -2.19. The van der Waals surface area contributed by atoms with Crippen LogP contribution >= 0.6 is 11.6 Å². The number of carbonyl (C=O) groups excluding carboxylic acids is 2. The monoisotopic (exact) mass is 409 g/mol. The summed E-state index contributed by atoms with van der Waals surface area (Å²) in [5, 5.41) is 13.7. The van der Waals surface area contributed by atoms with Crippen molar-refractivity contribution < 1.29 is 9.59 Å². The maximum absolute atomic E-state index is 11.9. The van der Waals surface area contributed by atoms with Crippen LogP contribution in [0.5, 0.6) is 0 Å². The quantitative estimate of drug-likeness (QED) is 0.438. The van der Waals surface area contributed by atoms with Gasteiger partial charge in [-0.25, -0.2) is 0 Å². The van der Waals surface area contributed by atoms with E-state index in [2.05, 4.69) is 31.0 Å². The summed E-state index contributed by atoms with van der Waals surface area (Å²) < 4.78 is 1.60. The van der Waals surface area contributed by atoms with E-state index in [4.69, 9.17) is 11.6 Å². The molecule has 1 saturated carbocycles. The lowest BCUT2D eigenvalue weighted by atomic mass is 10.1. The van der Waals surface area contributed by atoms with Crippen molar-refractivity contribution in [2.24, 2.45) is 0 Å². The molecule has 10 heteroatoms. The van der Waals surface area contributed by atoms with Gasteiger partial charge in [0.1, 0.15) is 0 Å². The fourth-order valence-corrected chi connectivity index (χ4v) is 3.25. The van der Waals surface area contributed by atoms with Crippen molar-refractivity contribution in [3.63, 3.8) is 0 Å². The lowest BCUT2D eigenvalue weighted by molar-refractivity contribution is -0.124. The Morgan fingerprint density at radius 1 is 1.24 bits per heavy atom. The van der Waals surface area contributed by atoms with Crippen LogP contribution in [-0.2, 0) is 9.59 Å². The average molecular weight is 410 g/mol. The maximum atomic E-state index is 11.9. The summed E-state index contributed by atoms with van der Waals surface area (Å²) in [6, 6.07) is 7.61. The van der Waals surface area contributed by atoms with Gasteiger partial charge >= 0.3 is 0 Å². The van der Waals surface area contributed by atoms with Gasteiger partial charge in [0.25, 0.3) is 5.91 Å². The number of imide groups is 1. The molecule has 0 atom stereocenters. The molecule has 3 N–H and O–H groups in total. The first kappa shape index (κ1) is 17.6. The molecular formula is C19H16ClN7O2. The highest BCUT2D eigenvalue weighted by molar-refractivity contribution is 6.30. The van der Waals surface area contributed by atoms with Gasteiger partial charge in [0.15, 0.2) is 5.65 Å². The standard InChI is InChI=1S/C19H16ClN7O2/c20-12-2-1-3-14(8-12)22-18-25-16-11(6-10-7-15(28)24-17(10)29)9-21-27(16)19(26-18)23-13-4-5-13/h1-3,6,8-9,13H,4-5,7H2,(H,24,28,29)(H2,22,23,25,26). The Morgan fingerprint density at radius 2 is 2.10 bits per heavy atom.